The molecule has 0 saturated heterocycles. The highest BCUT2D eigenvalue weighted by Crippen LogP contribution is 2.26. The highest BCUT2D eigenvalue weighted by atomic mass is 35.5. The number of aliphatic hydroxyl groups excluding tert-OH is 1. The summed E-state index contributed by atoms with van der Waals surface area (Å²) in [6.07, 6.45) is 0. The summed E-state index contributed by atoms with van der Waals surface area (Å²) in [4.78, 5) is 0. The van der Waals surface area contributed by atoms with Crippen LogP contribution in [0.5, 0.6) is 5.75 Å². The molecule has 0 fully saturated rings. The van der Waals surface area contributed by atoms with E-state index in [0.29, 0.717) is 22.2 Å². The summed E-state index contributed by atoms with van der Waals surface area (Å²) in [5, 5.41) is 16.7. The molecule has 6 heteroatoms. The Morgan fingerprint density at radius 1 is 1.41 bits per heavy atom. The van der Waals surface area contributed by atoms with E-state index in [1.54, 1.807) is 25.1 Å². The lowest BCUT2D eigenvalue weighted by Gasteiger charge is -2.07. The average molecular weight is 255 g/mol. The third kappa shape index (κ3) is 2.75. The van der Waals surface area contributed by atoms with Gasteiger partial charge in [-0.05, 0) is 24.6 Å². The molecule has 2 rings (SSSR count). The van der Waals surface area contributed by atoms with Crippen molar-refractivity contribution >= 4 is 11.6 Å². The fraction of sp³-hybridized carbons (Fsp3) is 0.273. The van der Waals surface area contributed by atoms with Gasteiger partial charge in [-0.25, -0.2) is 4.63 Å². The Morgan fingerprint density at radius 2 is 2.24 bits per heavy atom. The quantitative estimate of drug-likeness (QED) is 0.905. The van der Waals surface area contributed by atoms with Gasteiger partial charge in [0.05, 0.1) is 11.6 Å². The summed E-state index contributed by atoms with van der Waals surface area (Å²) in [5.41, 5.74) is 2.06. The third-order valence-electron chi connectivity index (χ3n) is 2.29. The Morgan fingerprint density at radius 3 is 2.82 bits per heavy atom. The van der Waals surface area contributed by atoms with Crippen molar-refractivity contribution in [2.45, 2.75) is 20.1 Å². The van der Waals surface area contributed by atoms with Crippen LogP contribution in [-0.2, 0) is 13.2 Å². The highest BCUT2D eigenvalue weighted by Gasteiger charge is 2.08. The second-order valence-corrected chi connectivity index (χ2v) is 3.92. The normalized spacial score (nSPS) is 10.5. The fourth-order valence-corrected chi connectivity index (χ4v) is 1.54. The monoisotopic (exact) mass is 254 g/mol. The summed E-state index contributed by atoms with van der Waals surface area (Å²) in [6, 6.07) is 5.11. The molecule has 1 aromatic heterocycles. The van der Waals surface area contributed by atoms with E-state index in [0.717, 1.165) is 5.56 Å². The Balaban J connectivity index is 2.07. The minimum absolute atomic E-state index is 0.0493. The number of ether oxygens (including phenoxy) is 1. The maximum Gasteiger partial charge on any atom is 0.145 e. The smallest absolute Gasteiger partial charge is 0.145 e. The van der Waals surface area contributed by atoms with Crippen LogP contribution in [0.1, 0.15) is 17.0 Å². The summed E-state index contributed by atoms with van der Waals surface area (Å²) in [7, 11) is 0. The van der Waals surface area contributed by atoms with Gasteiger partial charge >= 0.3 is 0 Å². The molecule has 1 heterocycles. The van der Waals surface area contributed by atoms with Gasteiger partial charge in [-0.15, -0.1) is 0 Å². The minimum Gasteiger partial charge on any atom is -0.486 e. The number of nitrogens with zero attached hydrogens (tertiary/aromatic N) is 2. The van der Waals surface area contributed by atoms with Gasteiger partial charge in [-0.3, -0.25) is 0 Å². The molecule has 1 aromatic carbocycles. The molecule has 0 bridgehead atoms. The predicted octanol–water partition coefficient (Wildman–Crippen LogP) is 2.10. The molecule has 0 atom stereocenters. The average Bonchev–Trinajstić information content (AvgIpc) is 2.73. The second-order valence-electron chi connectivity index (χ2n) is 3.51. The zero-order valence-electron chi connectivity index (χ0n) is 9.18. The first-order valence-electron chi connectivity index (χ1n) is 5.01. The third-order valence-corrected chi connectivity index (χ3v) is 2.59. The lowest BCUT2D eigenvalue weighted by molar-refractivity contribution is 0.269. The van der Waals surface area contributed by atoms with E-state index in [9.17, 15) is 0 Å². The fourth-order valence-electron chi connectivity index (χ4n) is 1.29. The standard InChI is InChI=1S/C11H11ClN2O3/c1-7-10(14-17-13-7)6-16-11-3-2-8(5-15)4-9(11)12/h2-4,15H,5-6H2,1H3. The van der Waals surface area contributed by atoms with Crippen molar-refractivity contribution in [1.29, 1.82) is 0 Å². The van der Waals surface area contributed by atoms with Crippen molar-refractivity contribution < 1.29 is 14.5 Å². The van der Waals surface area contributed by atoms with Crippen LogP contribution in [0.25, 0.3) is 0 Å². The zero-order chi connectivity index (χ0) is 12.3. The number of aromatic nitrogens is 2. The molecule has 0 aliphatic heterocycles. The van der Waals surface area contributed by atoms with Gasteiger partial charge in [0.25, 0.3) is 0 Å². The summed E-state index contributed by atoms with van der Waals surface area (Å²) >= 11 is 5.99. The Hall–Kier alpha value is -1.59. The van der Waals surface area contributed by atoms with E-state index in [2.05, 4.69) is 14.9 Å². The van der Waals surface area contributed by atoms with Gasteiger partial charge in [0.15, 0.2) is 0 Å². The van der Waals surface area contributed by atoms with E-state index in [1.165, 1.54) is 0 Å². The van der Waals surface area contributed by atoms with E-state index >= 15 is 0 Å². The van der Waals surface area contributed by atoms with Crippen LogP contribution in [-0.4, -0.2) is 15.4 Å². The molecular weight excluding hydrogens is 244 g/mol. The number of halogens is 1. The molecule has 0 saturated carbocycles. The SMILES string of the molecule is Cc1nonc1COc1ccc(CO)cc1Cl. The van der Waals surface area contributed by atoms with Crippen LogP contribution < -0.4 is 4.74 Å². The number of aryl methyl sites for hydroxylation is 1. The maximum atomic E-state index is 8.94. The number of benzene rings is 1. The summed E-state index contributed by atoms with van der Waals surface area (Å²) < 4.78 is 10.0. The van der Waals surface area contributed by atoms with Crippen molar-refractivity contribution in [3.63, 3.8) is 0 Å². The maximum absolute atomic E-state index is 8.94. The molecule has 17 heavy (non-hydrogen) atoms. The molecular formula is C11H11ClN2O3. The van der Waals surface area contributed by atoms with Gasteiger partial charge in [-0.2, -0.15) is 0 Å². The van der Waals surface area contributed by atoms with E-state index in [4.69, 9.17) is 21.4 Å². The first-order valence-corrected chi connectivity index (χ1v) is 5.38. The lowest BCUT2D eigenvalue weighted by Crippen LogP contribution is -1.98. The number of rotatable bonds is 4. The van der Waals surface area contributed by atoms with Crippen molar-refractivity contribution in [3.8, 4) is 5.75 Å². The van der Waals surface area contributed by atoms with Crippen LogP contribution >= 0.6 is 11.6 Å². The van der Waals surface area contributed by atoms with Crippen molar-refractivity contribution in [2.75, 3.05) is 0 Å². The Labute approximate surface area is 103 Å². The molecule has 2 aromatic rings. The van der Waals surface area contributed by atoms with Gasteiger partial charge < -0.3 is 9.84 Å². The lowest BCUT2D eigenvalue weighted by atomic mass is 10.2. The molecule has 0 radical (unpaired) electrons. The minimum atomic E-state index is -0.0493. The molecule has 0 aliphatic carbocycles. The van der Waals surface area contributed by atoms with Gasteiger partial charge in [0, 0.05) is 0 Å². The largest absolute Gasteiger partial charge is 0.486 e. The number of aliphatic hydroxyl groups is 1. The predicted molar refractivity (Wildman–Crippen MR) is 60.7 cm³/mol. The van der Waals surface area contributed by atoms with E-state index < -0.39 is 0 Å². The van der Waals surface area contributed by atoms with E-state index in [-0.39, 0.29) is 13.2 Å². The van der Waals surface area contributed by atoms with Crippen molar-refractivity contribution in [1.82, 2.24) is 10.3 Å². The van der Waals surface area contributed by atoms with Crippen LogP contribution in [0.4, 0.5) is 0 Å². The molecule has 0 spiro atoms. The number of hydrogen-bond donors (Lipinski definition) is 1. The zero-order valence-corrected chi connectivity index (χ0v) is 9.94. The van der Waals surface area contributed by atoms with Crippen molar-refractivity contribution in [3.05, 3.63) is 40.2 Å². The first kappa shape index (κ1) is 11.9. The summed E-state index contributed by atoms with van der Waals surface area (Å²) in [6.45, 7) is 1.98. The second kappa shape index (κ2) is 5.16. The van der Waals surface area contributed by atoms with Crippen LogP contribution in [0, 0.1) is 6.92 Å². The van der Waals surface area contributed by atoms with Crippen molar-refractivity contribution in [2.24, 2.45) is 0 Å². The molecule has 90 valence electrons. The highest BCUT2D eigenvalue weighted by molar-refractivity contribution is 6.32. The van der Waals surface area contributed by atoms with Crippen LogP contribution in [0.3, 0.4) is 0 Å². The molecule has 1 N–H and O–H groups in total. The van der Waals surface area contributed by atoms with Gasteiger partial charge in [0.2, 0.25) is 0 Å². The topological polar surface area (TPSA) is 68.4 Å². The van der Waals surface area contributed by atoms with E-state index in [1.807, 2.05) is 0 Å². The molecule has 5 nitrogen and oxygen atoms in total. The van der Waals surface area contributed by atoms with Gasteiger partial charge in [0.1, 0.15) is 23.7 Å². The van der Waals surface area contributed by atoms with Crippen LogP contribution in [0.15, 0.2) is 22.8 Å². The summed E-state index contributed by atoms with van der Waals surface area (Å²) in [5.74, 6) is 0.534. The Kier molecular flexibility index (Phi) is 3.61. The Bertz CT molecular complexity index is 513. The first-order chi connectivity index (χ1) is 8.20. The molecule has 0 aliphatic rings. The number of hydrogen-bond acceptors (Lipinski definition) is 5. The molecule has 0 unspecified atom stereocenters. The van der Waals surface area contributed by atoms with Gasteiger partial charge in [-0.1, -0.05) is 28.0 Å². The molecule has 0 amide bonds. The van der Waals surface area contributed by atoms with Crippen LogP contribution in [0.2, 0.25) is 5.02 Å².